The second-order valence-corrected chi connectivity index (χ2v) is 3.38. The summed E-state index contributed by atoms with van der Waals surface area (Å²) in [6.45, 7) is 3.84. The Hall–Kier alpha value is -1.98. The summed E-state index contributed by atoms with van der Waals surface area (Å²) in [4.78, 5) is 22.6. The Morgan fingerprint density at radius 1 is 1.53 bits per heavy atom. The Morgan fingerprint density at radius 3 is 2.88 bits per heavy atom. The van der Waals surface area contributed by atoms with E-state index >= 15 is 0 Å². The van der Waals surface area contributed by atoms with Gasteiger partial charge in [0.15, 0.2) is 0 Å². The second kappa shape index (κ2) is 6.57. The molecule has 1 aromatic rings. The van der Waals surface area contributed by atoms with Gasteiger partial charge >= 0.3 is 6.09 Å². The van der Waals surface area contributed by atoms with Gasteiger partial charge in [0, 0.05) is 0 Å². The highest BCUT2D eigenvalue weighted by Crippen LogP contribution is 1.98. The Balaban J connectivity index is 2.29. The molecule has 6 heteroatoms. The van der Waals surface area contributed by atoms with E-state index in [2.05, 4.69) is 15.4 Å². The van der Waals surface area contributed by atoms with E-state index in [-0.39, 0.29) is 12.5 Å². The first-order valence-electron chi connectivity index (χ1n) is 5.37. The van der Waals surface area contributed by atoms with Crippen LogP contribution in [0.2, 0.25) is 0 Å². The first kappa shape index (κ1) is 13.1. The third-order valence-corrected chi connectivity index (χ3v) is 2.02. The van der Waals surface area contributed by atoms with Crippen LogP contribution in [0.15, 0.2) is 22.8 Å². The molecule has 0 aliphatic rings. The van der Waals surface area contributed by atoms with Gasteiger partial charge in [0.2, 0.25) is 5.91 Å². The van der Waals surface area contributed by atoms with Gasteiger partial charge < -0.3 is 19.8 Å². The summed E-state index contributed by atoms with van der Waals surface area (Å²) < 4.78 is 9.72. The average Bonchev–Trinajstić information content (AvgIpc) is 2.78. The van der Waals surface area contributed by atoms with Gasteiger partial charge in [0.25, 0.3) is 0 Å². The van der Waals surface area contributed by atoms with Crippen LogP contribution in [0, 0.1) is 0 Å². The van der Waals surface area contributed by atoms with Crippen LogP contribution < -0.4 is 10.6 Å². The van der Waals surface area contributed by atoms with Crippen molar-refractivity contribution in [2.24, 2.45) is 0 Å². The van der Waals surface area contributed by atoms with Gasteiger partial charge in [-0.15, -0.1) is 0 Å². The molecular formula is C11H16N2O4. The zero-order chi connectivity index (χ0) is 12.7. The van der Waals surface area contributed by atoms with Crippen molar-refractivity contribution in [3.05, 3.63) is 24.2 Å². The maximum atomic E-state index is 11.6. The molecule has 0 radical (unpaired) electrons. The lowest BCUT2D eigenvalue weighted by Crippen LogP contribution is -2.44. The number of alkyl carbamates (subject to hydrolysis) is 1. The summed E-state index contributed by atoms with van der Waals surface area (Å²) >= 11 is 0. The van der Waals surface area contributed by atoms with Gasteiger partial charge in [-0.1, -0.05) is 0 Å². The first-order valence-corrected chi connectivity index (χ1v) is 5.37. The Bertz CT molecular complexity index is 362. The third-order valence-electron chi connectivity index (χ3n) is 2.02. The number of carbonyl (C=O) groups is 2. The van der Waals surface area contributed by atoms with Gasteiger partial charge in [0.1, 0.15) is 11.8 Å². The zero-order valence-electron chi connectivity index (χ0n) is 9.86. The minimum atomic E-state index is -0.649. The molecule has 2 N–H and O–H groups in total. The molecule has 0 fully saturated rings. The second-order valence-electron chi connectivity index (χ2n) is 3.38. The van der Waals surface area contributed by atoms with Gasteiger partial charge in [-0.2, -0.15) is 0 Å². The number of carbonyl (C=O) groups excluding carboxylic acids is 2. The number of ether oxygens (including phenoxy) is 1. The predicted molar refractivity (Wildman–Crippen MR) is 60.2 cm³/mol. The van der Waals surface area contributed by atoms with Crippen LogP contribution in [0.25, 0.3) is 0 Å². The lowest BCUT2D eigenvalue weighted by Gasteiger charge is -2.13. The van der Waals surface area contributed by atoms with Gasteiger partial charge in [-0.3, -0.25) is 4.79 Å². The molecule has 0 saturated heterocycles. The number of hydrogen-bond acceptors (Lipinski definition) is 4. The molecule has 0 aliphatic heterocycles. The van der Waals surface area contributed by atoms with Crippen molar-refractivity contribution in [2.75, 3.05) is 6.61 Å². The smallest absolute Gasteiger partial charge is 0.407 e. The molecule has 1 atom stereocenters. The Morgan fingerprint density at radius 2 is 2.29 bits per heavy atom. The highest BCUT2D eigenvalue weighted by Gasteiger charge is 2.15. The largest absolute Gasteiger partial charge is 0.467 e. The molecule has 6 nitrogen and oxygen atoms in total. The fourth-order valence-corrected chi connectivity index (χ4v) is 1.16. The predicted octanol–water partition coefficient (Wildman–Crippen LogP) is 1.03. The standard InChI is InChI=1S/C11H16N2O4/c1-3-16-11(15)13-8(2)10(14)12-7-9-5-4-6-17-9/h4-6,8H,3,7H2,1-2H3,(H,12,14)(H,13,15)/t8-/m0/s1. The van der Waals surface area contributed by atoms with E-state index in [1.165, 1.54) is 6.26 Å². The molecule has 0 aromatic carbocycles. The van der Waals surface area contributed by atoms with Crippen LogP contribution in [-0.4, -0.2) is 24.6 Å². The minimum absolute atomic E-state index is 0.270. The summed E-state index contributed by atoms with van der Waals surface area (Å²) in [6.07, 6.45) is 0.926. The van der Waals surface area contributed by atoms with Crippen molar-refractivity contribution in [2.45, 2.75) is 26.4 Å². The lowest BCUT2D eigenvalue weighted by molar-refractivity contribution is -0.122. The molecule has 1 heterocycles. The lowest BCUT2D eigenvalue weighted by atomic mass is 10.3. The zero-order valence-corrected chi connectivity index (χ0v) is 9.86. The molecule has 1 rings (SSSR count). The van der Waals surface area contributed by atoms with Crippen molar-refractivity contribution in [1.82, 2.24) is 10.6 Å². The minimum Gasteiger partial charge on any atom is -0.467 e. The van der Waals surface area contributed by atoms with Crippen LogP contribution in [0.4, 0.5) is 4.79 Å². The van der Waals surface area contributed by atoms with Crippen LogP contribution >= 0.6 is 0 Å². The van der Waals surface area contributed by atoms with E-state index in [9.17, 15) is 9.59 Å². The highest BCUT2D eigenvalue weighted by molar-refractivity contribution is 5.85. The van der Waals surface area contributed by atoms with Crippen LogP contribution in [0.1, 0.15) is 19.6 Å². The summed E-state index contributed by atoms with van der Waals surface area (Å²) in [6, 6.07) is 2.84. The van der Waals surface area contributed by atoms with Gasteiger partial charge in [-0.25, -0.2) is 4.79 Å². The maximum Gasteiger partial charge on any atom is 0.407 e. The molecule has 1 aromatic heterocycles. The van der Waals surface area contributed by atoms with Crippen molar-refractivity contribution in [3.8, 4) is 0 Å². The number of amides is 2. The number of furan rings is 1. The van der Waals surface area contributed by atoms with E-state index in [1.807, 2.05) is 0 Å². The van der Waals surface area contributed by atoms with Gasteiger partial charge in [-0.05, 0) is 26.0 Å². The monoisotopic (exact) mass is 240 g/mol. The molecule has 0 bridgehead atoms. The van der Waals surface area contributed by atoms with Crippen molar-refractivity contribution >= 4 is 12.0 Å². The molecular weight excluding hydrogens is 224 g/mol. The number of nitrogens with one attached hydrogen (secondary N) is 2. The quantitative estimate of drug-likeness (QED) is 0.805. The van der Waals surface area contributed by atoms with E-state index in [0.717, 1.165) is 0 Å². The van der Waals surface area contributed by atoms with Crippen molar-refractivity contribution in [1.29, 1.82) is 0 Å². The molecule has 2 amide bonds. The third kappa shape index (κ3) is 4.58. The van der Waals surface area contributed by atoms with E-state index in [0.29, 0.717) is 12.3 Å². The maximum absolute atomic E-state index is 11.6. The summed E-state index contributed by atoms with van der Waals surface area (Å²) in [5.74, 6) is 0.358. The topological polar surface area (TPSA) is 80.6 Å². The Kier molecular flexibility index (Phi) is 5.06. The fraction of sp³-hybridized carbons (Fsp3) is 0.455. The molecule has 0 aliphatic carbocycles. The Labute approximate surface area is 99.3 Å². The highest BCUT2D eigenvalue weighted by atomic mass is 16.5. The number of hydrogen-bond donors (Lipinski definition) is 2. The van der Waals surface area contributed by atoms with E-state index < -0.39 is 12.1 Å². The van der Waals surface area contributed by atoms with Crippen molar-refractivity contribution in [3.63, 3.8) is 0 Å². The fourth-order valence-electron chi connectivity index (χ4n) is 1.16. The number of rotatable bonds is 5. The summed E-state index contributed by atoms with van der Waals surface area (Å²) in [7, 11) is 0. The summed E-state index contributed by atoms with van der Waals surface area (Å²) in [5.41, 5.74) is 0. The molecule has 94 valence electrons. The molecule has 0 unspecified atom stereocenters. The van der Waals surface area contributed by atoms with E-state index in [4.69, 9.17) is 4.42 Å². The SMILES string of the molecule is CCOC(=O)N[C@@H](C)C(=O)NCc1ccco1. The van der Waals surface area contributed by atoms with E-state index in [1.54, 1.807) is 26.0 Å². The van der Waals surface area contributed by atoms with Crippen LogP contribution in [0.5, 0.6) is 0 Å². The summed E-state index contributed by atoms with van der Waals surface area (Å²) in [5, 5.41) is 5.04. The van der Waals surface area contributed by atoms with Crippen LogP contribution in [-0.2, 0) is 16.1 Å². The average molecular weight is 240 g/mol. The van der Waals surface area contributed by atoms with Crippen LogP contribution in [0.3, 0.4) is 0 Å². The first-order chi connectivity index (χ1) is 8.13. The van der Waals surface area contributed by atoms with Gasteiger partial charge in [0.05, 0.1) is 19.4 Å². The molecule has 17 heavy (non-hydrogen) atoms. The van der Waals surface area contributed by atoms with Crippen molar-refractivity contribution < 1.29 is 18.7 Å². The normalized spacial score (nSPS) is 11.6. The molecule has 0 spiro atoms. The molecule has 0 saturated carbocycles.